The number of alkyl halides is 1. The molecule has 1 rings (SSSR count). The van der Waals surface area contributed by atoms with Crippen LogP contribution in [0.4, 0.5) is 0 Å². The van der Waals surface area contributed by atoms with Gasteiger partial charge in [0.1, 0.15) is 0 Å². The second-order valence-electron chi connectivity index (χ2n) is 4.50. The van der Waals surface area contributed by atoms with Gasteiger partial charge in [0.25, 0.3) is 0 Å². The summed E-state index contributed by atoms with van der Waals surface area (Å²) in [7, 11) is 0. The molecule has 0 spiro atoms. The Kier molecular flexibility index (Phi) is 4.51. The van der Waals surface area contributed by atoms with Gasteiger partial charge in [-0.3, -0.25) is 0 Å². The largest absolute Gasteiger partial charge is 0.0893 e. The molecule has 0 bridgehead atoms. The van der Waals surface area contributed by atoms with Gasteiger partial charge in [0, 0.05) is 4.83 Å². The minimum absolute atomic E-state index is 0.108. The predicted octanol–water partition coefficient (Wildman–Crippen LogP) is 5.44. The van der Waals surface area contributed by atoms with E-state index in [0.29, 0.717) is 14.9 Å². The Bertz CT molecular complexity index is 345. The highest BCUT2D eigenvalue weighted by Gasteiger charge is 2.22. The van der Waals surface area contributed by atoms with E-state index >= 15 is 0 Å². The third kappa shape index (κ3) is 3.65. The minimum atomic E-state index is 0.108. The summed E-state index contributed by atoms with van der Waals surface area (Å²) in [5.74, 6) is 0. The van der Waals surface area contributed by atoms with Crippen molar-refractivity contribution in [2.75, 3.05) is 0 Å². The third-order valence-corrected chi connectivity index (χ3v) is 3.56. The molecular formula is C12H15BrCl2. The highest BCUT2D eigenvalue weighted by Crippen LogP contribution is 2.34. The Balaban J connectivity index is 2.99. The van der Waals surface area contributed by atoms with E-state index in [1.807, 2.05) is 18.2 Å². The Morgan fingerprint density at radius 3 is 2.33 bits per heavy atom. The lowest BCUT2D eigenvalue weighted by Gasteiger charge is -2.27. The minimum Gasteiger partial charge on any atom is -0.0893 e. The second kappa shape index (κ2) is 5.07. The van der Waals surface area contributed by atoms with Crippen molar-refractivity contribution in [3.8, 4) is 0 Å². The van der Waals surface area contributed by atoms with Crippen LogP contribution >= 0.6 is 39.1 Å². The topological polar surface area (TPSA) is 0 Å². The number of hydrogen-bond donors (Lipinski definition) is 0. The summed E-state index contributed by atoms with van der Waals surface area (Å²) in [6.07, 6.45) is 1.06. The number of benzene rings is 1. The average Bonchev–Trinajstić information content (AvgIpc) is 2.07. The zero-order valence-electron chi connectivity index (χ0n) is 9.15. The fraction of sp³-hybridized carbons (Fsp3) is 0.500. The van der Waals surface area contributed by atoms with Crippen molar-refractivity contribution in [1.82, 2.24) is 0 Å². The van der Waals surface area contributed by atoms with E-state index in [4.69, 9.17) is 23.2 Å². The van der Waals surface area contributed by atoms with E-state index in [-0.39, 0.29) is 5.41 Å². The van der Waals surface area contributed by atoms with Crippen LogP contribution in [0.2, 0.25) is 10.0 Å². The van der Waals surface area contributed by atoms with E-state index in [2.05, 4.69) is 36.7 Å². The number of halogens is 3. The third-order valence-electron chi connectivity index (χ3n) is 2.49. The van der Waals surface area contributed by atoms with Crippen molar-refractivity contribution in [1.29, 1.82) is 0 Å². The Hall–Kier alpha value is 0.280. The highest BCUT2D eigenvalue weighted by molar-refractivity contribution is 9.09. The molecule has 0 aliphatic rings. The summed E-state index contributed by atoms with van der Waals surface area (Å²) < 4.78 is 0. The lowest BCUT2D eigenvalue weighted by Crippen LogP contribution is -2.20. The van der Waals surface area contributed by atoms with Crippen LogP contribution in [0.25, 0.3) is 0 Å². The Labute approximate surface area is 110 Å². The van der Waals surface area contributed by atoms with Gasteiger partial charge in [-0.05, 0) is 29.5 Å². The van der Waals surface area contributed by atoms with E-state index < -0.39 is 0 Å². The molecule has 0 nitrogen and oxygen atoms in total. The highest BCUT2D eigenvalue weighted by atomic mass is 79.9. The fourth-order valence-electron chi connectivity index (χ4n) is 1.74. The van der Waals surface area contributed by atoms with Gasteiger partial charge in [-0.1, -0.05) is 66.0 Å². The zero-order chi connectivity index (χ0) is 11.6. The molecule has 3 heteroatoms. The summed E-state index contributed by atoms with van der Waals surface area (Å²) in [6, 6.07) is 5.86. The Morgan fingerprint density at radius 1 is 1.27 bits per heavy atom. The normalized spacial score (nSPS) is 14.0. The van der Waals surface area contributed by atoms with Crippen LogP contribution in [0.3, 0.4) is 0 Å². The summed E-state index contributed by atoms with van der Waals surface area (Å²) in [4.78, 5) is 0.488. The SMILES string of the molecule is CC(Br)CC(C)(C)c1ccc(Cl)c(Cl)c1. The maximum atomic E-state index is 6.01. The van der Waals surface area contributed by atoms with Gasteiger partial charge in [0.05, 0.1) is 10.0 Å². The first-order valence-electron chi connectivity index (χ1n) is 4.92. The van der Waals surface area contributed by atoms with Crippen LogP contribution in [0.15, 0.2) is 18.2 Å². The van der Waals surface area contributed by atoms with Crippen molar-refractivity contribution >= 4 is 39.1 Å². The first kappa shape index (κ1) is 13.3. The molecule has 0 aliphatic heterocycles. The lowest BCUT2D eigenvalue weighted by molar-refractivity contribution is 0.482. The molecule has 1 atom stereocenters. The van der Waals surface area contributed by atoms with Crippen molar-refractivity contribution in [3.05, 3.63) is 33.8 Å². The molecule has 1 aromatic rings. The van der Waals surface area contributed by atoms with Gasteiger partial charge in [-0.2, -0.15) is 0 Å². The standard InChI is InChI=1S/C12H15BrCl2/c1-8(13)7-12(2,3)9-4-5-10(14)11(15)6-9/h4-6,8H,7H2,1-3H3. The summed E-state index contributed by atoms with van der Waals surface area (Å²) in [5, 5.41) is 1.24. The van der Waals surface area contributed by atoms with E-state index in [1.165, 1.54) is 5.56 Å². The molecule has 0 radical (unpaired) electrons. The molecule has 0 aliphatic carbocycles. The molecule has 84 valence electrons. The van der Waals surface area contributed by atoms with Gasteiger partial charge in [0.2, 0.25) is 0 Å². The summed E-state index contributed by atoms with van der Waals surface area (Å²) >= 11 is 15.5. The van der Waals surface area contributed by atoms with E-state index in [1.54, 1.807) is 0 Å². The van der Waals surface area contributed by atoms with E-state index in [0.717, 1.165) is 6.42 Å². The van der Waals surface area contributed by atoms with E-state index in [9.17, 15) is 0 Å². The molecule has 0 aromatic heterocycles. The Morgan fingerprint density at radius 2 is 1.87 bits per heavy atom. The monoisotopic (exact) mass is 308 g/mol. The molecule has 0 N–H and O–H groups in total. The van der Waals surface area contributed by atoms with Crippen molar-refractivity contribution in [3.63, 3.8) is 0 Å². The van der Waals surface area contributed by atoms with Crippen LogP contribution in [-0.4, -0.2) is 4.83 Å². The smallest absolute Gasteiger partial charge is 0.0595 e. The van der Waals surface area contributed by atoms with Crippen molar-refractivity contribution in [2.24, 2.45) is 0 Å². The van der Waals surface area contributed by atoms with Gasteiger partial charge in [-0.15, -0.1) is 0 Å². The fourth-order valence-corrected chi connectivity index (χ4v) is 2.85. The van der Waals surface area contributed by atoms with Gasteiger partial charge < -0.3 is 0 Å². The molecule has 1 unspecified atom stereocenters. The van der Waals surface area contributed by atoms with Gasteiger partial charge in [-0.25, -0.2) is 0 Å². The van der Waals surface area contributed by atoms with Crippen LogP contribution in [0, 0.1) is 0 Å². The number of hydrogen-bond acceptors (Lipinski definition) is 0. The van der Waals surface area contributed by atoms with Crippen LogP contribution in [0.1, 0.15) is 32.8 Å². The van der Waals surface area contributed by atoms with Crippen LogP contribution in [0.5, 0.6) is 0 Å². The zero-order valence-corrected chi connectivity index (χ0v) is 12.2. The molecule has 0 saturated heterocycles. The van der Waals surface area contributed by atoms with Crippen LogP contribution in [-0.2, 0) is 5.41 Å². The van der Waals surface area contributed by atoms with Crippen molar-refractivity contribution < 1.29 is 0 Å². The first-order chi connectivity index (χ1) is 6.83. The maximum Gasteiger partial charge on any atom is 0.0595 e. The quantitative estimate of drug-likeness (QED) is 0.652. The molecule has 15 heavy (non-hydrogen) atoms. The van der Waals surface area contributed by atoms with Crippen LogP contribution < -0.4 is 0 Å². The number of rotatable bonds is 3. The summed E-state index contributed by atoms with van der Waals surface area (Å²) in [6.45, 7) is 6.58. The molecule has 0 heterocycles. The molecule has 0 fully saturated rings. The second-order valence-corrected chi connectivity index (χ2v) is 6.88. The van der Waals surface area contributed by atoms with Gasteiger partial charge >= 0.3 is 0 Å². The predicted molar refractivity (Wildman–Crippen MR) is 72.5 cm³/mol. The molecular weight excluding hydrogens is 295 g/mol. The first-order valence-corrected chi connectivity index (χ1v) is 6.59. The molecule has 0 saturated carbocycles. The van der Waals surface area contributed by atoms with Gasteiger partial charge in [0.15, 0.2) is 0 Å². The lowest BCUT2D eigenvalue weighted by atomic mass is 9.81. The van der Waals surface area contributed by atoms with Crippen molar-refractivity contribution in [2.45, 2.75) is 37.4 Å². The maximum absolute atomic E-state index is 6.01. The molecule has 0 amide bonds. The molecule has 1 aromatic carbocycles. The average molecular weight is 310 g/mol. The summed E-state index contributed by atoms with van der Waals surface area (Å²) in [5.41, 5.74) is 1.33.